The summed E-state index contributed by atoms with van der Waals surface area (Å²) in [5.41, 5.74) is 6.82. The van der Waals surface area contributed by atoms with Gasteiger partial charge in [0.25, 0.3) is 0 Å². The number of rotatable bonds is 0. The minimum absolute atomic E-state index is 0.723. The fourth-order valence-electron chi connectivity index (χ4n) is 3.38. The second-order valence-electron chi connectivity index (χ2n) is 4.86. The van der Waals surface area contributed by atoms with E-state index < -0.39 is 0 Å². The van der Waals surface area contributed by atoms with Crippen LogP contribution in [0.25, 0.3) is 0 Å². The van der Waals surface area contributed by atoms with Crippen molar-refractivity contribution in [2.75, 3.05) is 0 Å². The molecule has 0 aromatic rings. The van der Waals surface area contributed by atoms with Gasteiger partial charge in [-0.1, -0.05) is 18.1 Å². The van der Waals surface area contributed by atoms with E-state index in [2.05, 4.69) is 13.3 Å². The van der Waals surface area contributed by atoms with Gasteiger partial charge < -0.3 is 0 Å². The fraction of sp³-hybridized carbons (Fsp3) is 0.643. The van der Waals surface area contributed by atoms with Crippen LogP contribution in [-0.2, 0) is 0 Å². The molecule has 0 bridgehead atoms. The van der Waals surface area contributed by atoms with Crippen LogP contribution in [0.3, 0.4) is 0 Å². The first-order chi connectivity index (χ1) is 6.88. The molecule has 0 heteroatoms. The van der Waals surface area contributed by atoms with Crippen LogP contribution in [0.2, 0.25) is 0 Å². The van der Waals surface area contributed by atoms with Crippen molar-refractivity contribution in [2.45, 2.75) is 51.9 Å². The summed E-state index contributed by atoms with van der Waals surface area (Å²) in [6, 6.07) is 0. The van der Waals surface area contributed by atoms with Crippen LogP contribution >= 0.6 is 0 Å². The van der Waals surface area contributed by atoms with Gasteiger partial charge in [-0.05, 0) is 62.0 Å². The standard InChI is InChI=1S/C14H18/c1-10-11-6-2-4-8-13(11)14-9-5-3-7-12(10)14/h10H,2-6,8-9H2,1H3. The summed E-state index contributed by atoms with van der Waals surface area (Å²) in [7, 11) is 0. The Bertz CT molecular complexity index is 285. The molecule has 3 rings (SSSR count). The van der Waals surface area contributed by atoms with Crippen molar-refractivity contribution in [3.05, 3.63) is 28.7 Å². The summed E-state index contributed by atoms with van der Waals surface area (Å²) in [6.45, 7) is 2.39. The largest absolute Gasteiger partial charge is 0.0598 e. The number of hydrogen-bond donors (Lipinski definition) is 0. The molecule has 0 heterocycles. The average molecular weight is 186 g/mol. The lowest BCUT2D eigenvalue weighted by molar-refractivity contribution is 0.636. The third-order valence-electron chi connectivity index (χ3n) is 4.07. The Morgan fingerprint density at radius 3 is 2.71 bits per heavy atom. The van der Waals surface area contributed by atoms with Gasteiger partial charge in [0.05, 0.1) is 0 Å². The maximum Gasteiger partial charge on any atom is 0.0129 e. The van der Waals surface area contributed by atoms with Crippen molar-refractivity contribution in [1.82, 2.24) is 0 Å². The van der Waals surface area contributed by atoms with E-state index in [-0.39, 0.29) is 0 Å². The molecular weight excluding hydrogens is 168 g/mol. The molecule has 0 fully saturated rings. The van der Waals surface area contributed by atoms with Crippen LogP contribution in [0.1, 0.15) is 51.9 Å². The maximum absolute atomic E-state index is 3.63. The predicted molar refractivity (Wildman–Crippen MR) is 58.8 cm³/mol. The van der Waals surface area contributed by atoms with Gasteiger partial charge in [-0.3, -0.25) is 0 Å². The molecular formula is C14H18. The highest BCUT2D eigenvalue weighted by Crippen LogP contribution is 2.49. The highest BCUT2D eigenvalue weighted by atomic mass is 14.4. The Morgan fingerprint density at radius 1 is 1.00 bits per heavy atom. The zero-order chi connectivity index (χ0) is 9.54. The minimum atomic E-state index is 0.723. The SMILES string of the molecule is CC1C2=C(CCC[C]2)C2=C1CCCC2. The van der Waals surface area contributed by atoms with E-state index in [4.69, 9.17) is 0 Å². The van der Waals surface area contributed by atoms with Crippen molar-refractivity contribution in [3.8, 4) is 0 Å². The van der Waals surface area contributed by atoms with Crippen molar-refractivity contribution in [2.24, 2.45) is 5.92 Å². The van der Waals surface area contributed by atoms with Crippen LogP contribution in [0, 0.1) is 12.3 Å². The lowest BCUT2D eigenvalue weighted by Gasteiger charge is -2.18. The van der Waals surface area contributed by atoms with Gasteiger partial charge in [0.15, 0.2) is 0 Å². The van der Waals surface area contributed by atoms with Crippen molar-refractivity contribution in [1.29, 1.82) is 0 Å². The quantitative estimate of drug-likeness (QED) is 0.535. The second kappa shape index (κ2) is 3.25. The summed E-state index contributed by atoms with van der Waals surface area (Å²) in [4.78, 5) is 0. The first kappa shape index (κ1) is 8.76. The first-order valence-electron chi connectivity index (χ1n) is 6.07. The van der Waals surface area contributed by atoms with Gasteiger partial charge >= 0.3 is 0 Å². The number of hydrogen-bond acceptors (Lipinski definition) is 0. The number of fused-ring (bicyclic) bond motifs is 1. The van der Waals surface area contributed by atoms with E-state index in [1.807, 2.05) is 0 Å². The summed E-state index contributed by atoms with van der Waals surface area (Å²) in [5, 5.41) is 0. The fourth-order valence-corrected chi connectivity index (χ4v) is 3.38. The molecule has 3 aliphatic carbocycles. The molecule has 0 nitrogen and oxygen atoms in total. The molecule has 0 N–H and O–H groups in total. The van der Waals surface area contributed by atoms with Crippen LogP contribution in [0.5, 0.6) is 0 Å². The van der Waals surface area contributed by atoms with Crippen LogP contribution in [0.4, 0.5) is 0 Å². The van der Waals surface area contributed by atoms with E-state index >= 15 is 0 Å². The summed E-state index contributed by atoms with van der Waals surface area (Å²) in [5.74, 6) is 0.723. The van der Waals surface area contributed by atoms with Gasteiger partial charge in [-0.15, -0.1) is 0 Å². The van der Waals surface area contributed by atoms with E-state index in [0.717, 1.165) is 5.92 Å². The summed E-state index contributed by atoms with van der Waals surface area (Å²) >= 11 is 0. The average Bonchev–Trinajstić information content (AvgIpc) is 2.55. The third-order valence-corrected chi connectivity index (χ3v) is 4.07. The molecule has 0 aliphatic heterocycles. The molecule has 3 aliphatic rings. The van der Waals surface area contributed by atoms with Gasteiger partial charge in [0.2, 0.25) is 0 Å². The molecule has 0 saturated heterocycles. The molecule has 2 radical (unpaired) electrons. The van der Waals surface area contributed by atoms with E-state index in [9.17, 15) is 0 Å². The van der Waals surface area contributed by atoms with Gasteiger partial charge in [0.1, 0.15) is 0 Å². The first-order valence-corrected chi connectivity index (χ1v) is 6.07. The molecule has 74 valence electrons. The van der Waals surface area contributed by atoms with Crippen LogP contribution in [-0.4, -0.2) is 0 Å². The molecule has 1 atom stereocenters. The van der Waals surface area contributed by atoms with Crippen LogP contribution < -0.4 is 0 Å². The van der Waals surface area contributed by atoms with Crippen molar-refractivity contribution in [3.63, 3.8) is 0 Å². The lowest BCUT2D eigenvalue weighted by atomic mass is 9.87. The van der Waals surface area contributed by atoms with Crippen LogP contribution in [0.15, 0.2) is 22.3 Å². The van der Waals surface area contributed by atoms with Crippen molar-refractivity contribution >= 4 is 0 Å². The third kappa shape index (κ3) is 1.12. The Hall–Kier alpha value is -0.520. The molecule has 0 amide bonds. The van der Waals surface area contributed by atoms with Crippen molar-refractivity contribution < 1.29 is 0 Å². The maximum atomic E-state index is 3.63. The normalized spacial score (nSPS) is 28.1. The van der Waals surface area contributed by atoms with Gasteiger partial charge in [-0.2, -0.15) is 0 Å². The Balaban J connectivity index is 2.02. The Kier molecular flexibility index (Phi) is 2.04. The topological polar surface area (TPSA) is 0 Å². The molecule has 14 heavy (non-hydrogen) atoms. The molecule has 0 aromatic carbocycles. The lowest BCUT2D eigenvalue weighted by Crippen LogP contribution is -2.03. The molecule has 0 aromatic heterocycles. The molecule has 0 spiro atoms. The molecule has 0 saturated carbocycles. The molecule has 1 unspecified atom stereocenters. The second-order valence-corrected chi connectivity index (χ2v) is 4.86. The Labute approximate surface area is 87.1 Å². The van der Waals surface area contributed by atoms with E-state index in [1.54, 1.807) is 22.3 Å². The minimum Gasteiger partial charge on any atom is -0.0598 e. The summed E-state index contributed by atoms with van der Waals surface area (Å²) < 4.78 is 0. The van der Waals surface area contributed by atoms with Gasteiger partial charge in [-0.25, -0.2) is 0 Å². The highest BCUT2D eigenvalue weighted by molar-refractivity contribution is 5.53. The zero-order valence-electron chi connectivity index (χ0n) is 9.03. The zero-order valence-corrected chi connectivity index (χ0v) is 9.03. The van der Waals surface area contributed by atoms with E-state index in [1.165, 1.54) is 44.9 Å². The monoisotopic (exact) mass is 186 g/mol. The van der Waals surface area contributed by atoms with E-state index in [0.29, 0.717) is 0 Å². The Morgan fingerprint density at radius 2 is 1.79 bits per heavy atom. The van der Waals surface area contributed by atoms with Gasteiger partial charge in [0, 0.05) is 6.42 Å². The smallest absolute Gasteiger partial charge is 0.0129 e. The highest BCUT2D eigenvalue weighted by Gasteiger charge is 2.32. The number of allylic oxidation sites excluding steroid dienone is 4. The summed E-state index contributed by atoms with van der Waals surface area (Å²) in [6.07, 6.45) is 13.1. The predicted octanol–water partition coefficient (Wildman–Crippen LogP) is 4.07.